The number of aliphatic hydroxyl groups is 1. The second-order valence-corrected chi connectivity index (χ2v) is 3.50. The Kier molecular flexibility index (Phi) is 5.35. The molecule has 2 unspecified atom stereocenters. The number of aliphatic hydroxyl groups excluding tert-OH is 1. The van der Waals surface area contributed by atoms with E-state index in [0.29, 0.717) is 0 Å². The maximum atomic E-state index is 8.93. The van der Waals surface area contributed by atoms with Crippen molar-refractivity contribution in [2.75, 3.05) is 19.8 Å². The molecule has 13 heavy (non-hydrogen) atoms. The first-order valence-electron chi connectivity index (χ1n) is 5.22. The van der Waals surface area contributed by atoms with E-state index in [1.54, 1.807) is 0 Å². The van der Waals surface area contributed by atoms with Gasteiger partial charge in [0.25, 0.3) is 0 Å². The molecule has 1 saturated heterocycles. The van der Waals surface area contributed by atoms with Crippen LogP contribution in [-0.4, -0.2) is 37.1 Å². The molecule has 3 nitrogen and oxygen atoms in total. The molecule has 0 aromatic rings. The van der Waals surface area contributed by atoms with Crippen LogP contribution in [0.2, 0.25) is 0 Å². The molecule has 2 atom stereocenters. The average Bonchev–Trinajstić information content (AvgIpc) is 2.60. The molecular formula is C10H20O3. The molecule has 0 aliphatic carbocycles. The van der Waals surface area contributed by atoms with E-state index in [4.69, 9.17) is 14.6 Å². The number of hydrogen-bond donors (Lipinski definition) is 1. The Bertz CT molecular complexity index is 127. The normalized spacial score (nSPS) is 28.2. The quantitative estimate of drug-likeness (QED) is 0.639. The van der Waals surface area contributed by atoms with Gasteiger partial charge in [-0.05, 0) is 12.8 Å². The van der Waals surface area contributed by atoms with Gasteiger partial charge < -0.3 is 14.6 Å². The molecule has 1 fully saturated rings. The van der Waals surface area contributed by atoms with Crippen LogP contribution < -0.4 is 0 Å². The lowest BCUT2D eigenvalue weighted by molar-refractivity contribution is -0.0338. The van der Waals surface area contributed by atoms with Gasteiger partial charge in [-0.2, -0.15) is 0 Å². The molecule has 1 aliphatic rings. The van der Waals surface area contributed by atoms with Gasteiger partial charge in [0, 0.05) is 13.2 Å². The third kappa shape index (κ3) is 3.63. The number of ether oxygens (including phenoxy) is 2. The SMILES string of the molecule is CCCCCOC1CCOC1CO. The van der Waals surface area contributed by atoms with E-state index in [1.807, 2.05) is 0 Å². The summed E-state index contributed by atoms with van der Waals surface area (Å²) in [4.78, 5) is 0. The molecule has 0 aromatic heterocycles. The lowest BCUT2D eigenvalue weighted by atomic mass is 10.2. The minimum Gasteiger partial charge on any atom is -0.394 e. The van der Waals surface area contributed by atoms with E-state index >= 15 is 0 Å². The summed E-state index contributed by atoms with van der Waals surface area (Å²) in [6, 6.07) is 0. The highest BCUT2D eigenvalue weighted by Crippen LogP contribution is 2.16. The second-order valence-electron chi connectivity index (χ2n) is 3.50. The Hall–Kier alpha value is -0.120. The molecule has 0 saturated carbocycles. The highest BCUT2D eigenvalue weighted by molar-refractivity contribution is 4.75. The molecule has 3 heteroatoms. The minimum atomic E-state index is -0.0818. The van der Waals surface area contributed by atoms with Gasteiger partial charge in [-0.3, -0.25) is 0 Å². The van der Waals surface area contributed by atoms with Gasteiger partial charge in [-0.1, -0.05) is 19.8 Å². The number of hydrogen-bond acceptors (Lipinski definition) is 3. The van der Waals surface area contributed by atoms with E-state index in [-0.39, 0.29) is 18.8 Å². The zero-order chi connectivity index (χ0) is 9.52. The van der Waals surface area contributed by atoms with Crippen molar-refractivity contribution in [2.45, 2.75) is 44.8 Å². The first-order valence-corrected chi connectivity index (χ1v) is 5.22. The Labute approximate surface area is 80.0 Å². The molecule has 1 N–H and O–H groups in total. The van der Waals surface area contributed by atoms with Crippen molar-refractivity contribution in [3.05, 3.63) is 0 Å². The summed E-state index contributed by atoms with van der Waals surface area (Å²) >= 11 is 0. The van der Waals surface area contributed by atoms with Crippen LogP contribution >= 0.6 is 0 Å². The number of unbranched alkanes of at least 4 members (excludes halogenated alkanes) is 2. The van der Waals surface area contributed by atoms with Crippen LogP contribution in [0.5, 0.6) is 0 Å². The van der Waals surface area contributed by atoms with Gasteiger partial charge in [-0.25, -0.2) is 0 Å². The Balaban J connectivity index is 2.06. The fraction of sp³-hybridized carbons (Fsp3) is 1.00. The zero-order valence-electron chi connectivity index (χ0n) is 8.37. The van der Waals surface area contributed by atoms with Gasteiger partial charge in [0.05, 0.1) is 12.7 Å². The lowest BCUT2D eigenvalue weighted by Gasteiger charge is -2.16. The van der Waals surface area contributed by atoms with Crippen LogP contribution in [0.4, 0.5) is 0 Å². The highest BCUT2D eigenvalue weighted by atomic mass is 16.6. The van der Waals surface area contributed by atoms with Gasteiger partial charge in [0.1, 0.15) is 6.10 Å². The van der Waals surface area contributed by atoms with E-state index in [9.17, 15) is 0 Å². The molecule has 0 bridgehead atoms. The highest BCUT2D eigenvalue weighted by Gasteiger charge is 2.27. The topological polar surface area (TPSA) is 38.7 Å². The molecule has 0 radical (unpaired) electrons. The third-order valence-corrected chi connectivity index (χ3v) is 2.41. The molecule has 78 valence electrons. The van der Waals surface area contributed by atoms with Crippen molar-refractivity contribution in [3.63, 3.8) is 0 Å². The van der Waals surface area contributed by atoms with E-state index in [2.05, 4.69) is 6.92 Å². The Morgan fingerprint density at radius 1 is 1.46 bits per heavy atom. The van der Waals surface area contributed by atoms with Crippen LogP contribution in [-0.2, 0) is 9.47 Å². The lowest BCUT2D eigenvalue weighted by Crippen LogP contribution is -2.28. The van der Waals surface area contributed by atoms with E-state index in [1.165, 1.54) is 12.8 Å². The van der Waals surface area contributed by atoms with Gasteiger partial charge >= 0.3 is 0 Å². The molecular weight excluding hydrogens is 168 g/mol. The fourth-order valence-electron chi connectivity index (χ4n) is 1.58. The second kappa shape index (κ2) is 6.35. The molecule has 0 amide bonds. The van der Waals surface area contributed by atoms with Crippen molar-refractivity contribution in [3.8, 4) is 0 Å². The van der Waals surface area contributed by atoms with Crippen molar-refractivity contribution >= 4 is 0 Å². The van der Waals surface area contributed by atoms with Crippen LogP contribution in [0.1, 0.15) is 32.6 Å². The Morgan fingerprint density at radius 3 is 3.00 bits per heavy atom. The van der Waals surface area contributed by atoms with Gasteiger partial charge in [-0.15, -0.1) is 0 Å². The van der Waals surface area contributed by atoms with Crippen molar-refractivity contribution < 1.29 is 14.6 Å². The minimum absolute atomic E-state index is 0.0818. The van der Waals surface area contributed by atoms with E-state index < -0.39 is 0 Å². The predicted octanol–water partition coefficient (Wildman–Crippen LogP) is 1.34. The Morgan fingerprint density at radius 2 is 2.31 bits per heavy atom. The van der Waals surface area contributed by atoms with Crippen LogP contribution in [0.25, 0.3) is 0 Å². The van der Waals surface area contributed by atoms with Crippen molar-refractivity contribution in [1.82, 2.24) is 0 Å². The van der Waals surface area contributed by atoms with Crippen LogP contribution in [0.15, 0.2) is 0 Å². The van der Waals surface area contributed by atoms with Crippen molar-refractivity contribution in [2.24, 2.45) is 0 Å². The zero-order valence-corrected chi connectivity index (χ0v) is 8.37. The molecule has 1 rings (SSSR count). The smallest absolute Gasteiger partial charge is 0.107 e. The maximum Gasteiger partial charge on any atom is 0.107 e. The summed E-state index contributed by atoms with van der Waals surface area (Å²) in [5, 5.41) is 8.93. The summed E-state index contributed by atoms with van der Waals surface area (Å²) in [7, 11) is 0. The first kappa shape index (κ1) is 11.0. The number of rotatable bonds is 6. The van der Waals surface area contributed by atoms with Gasteiger partial charge in [0.15, 0.2) is 0 Å². The average molecular weight is 188 g/mol. The van der Waals surface area contributed by atoms with Crippen LogP contribution in [0, 0.1) is 0 Å². The summed E-state index contributed by atoms with van der Waals surface area (Å²) in [6.07, 6.45) is 4.52. The van der Waals surface area contributed by atoms with Crippen LogP contribution in [0.3, 0.4) is 0 Å². The molecule has 0 aromatic carbocycles. The summed E-state index contributed by atoms with van der Waals surface area (Å²) in [5.74, 6) is 0. The van der Waals surface area contributed by atoms with Gasteiger partial charge in [0.2, 0.25) is 0 Å². The molecule has 0 spiro atoms. The van der Waals surface area contributed by atoms with E-state index in [0.717, 1.165) is 26.1 Å². The summed E-state index contributed by atoms with van der Waals surface area (Å²) in [5.41, 5.74) is 0. The van der Waals surface area contributed by atoms with Crippen molar-refractivity contribution in [1.29, 1.82) is 0 Å². The molecule has 1 aliphatic heterocycles. The standard InChI is InChI=1S/C10H20O3/c1-2-3-4-6-12-9-5-7-13-10(9)8-11/h9-11H,2-8H2,1H3. The monoisotopic (exact) mass is 188 g/mol. The fourth-order valence-corrected chi connectivity index (χ4v) is 1.58. The maximum absolute atomic E-state index is 8.93. The third-order valence-electron chi connectivity index (χ3n) is 2.41. The summed E-state index contributed by atoms with van der Waals surface area (Å²) in [6.45, 7) is 3.79. The molecule has 1 heterocycles. The largest absolute Gasteiger partial charge is 0.394 e. The first-order chi connectivity index (χ1) is 6.38. The summed E-state index contributed by atoms with van der Waals surface area (Å²) < 4.78 is 10.9. The predicted molar refractivity (Wildman–Crippen MR) is 50.7 cm³/mol.